The van der Waals surface area contributed by atoms with Crippen molar-refractivity contribution in [2.75, 3.05) is 13.1 Å². The van der Waals surface area contributed by atoms with Crippen molar-refractivity contribution in [3.8, 4) is 0 Å². The van der Waals surface area contributed by atoms with E-state index in [4.69, 9.17) is 9.47 Å². The predicted molar refractivity (Wildman–Crippen MR) is 74.1 cm³/mol. The Morgan fingerprint density at radius 1 is 1.10 bits per heavy atom. The van der Waals surface area contributed by atoms with Gasteiger partial charge in [0.15, 0.2) is 0 Å². The quantitative estimate of drug-likeness (QED) is 0.771. The standard InChI is InChI=1S/C13H25N3O4/c1-9(2)19-12(17)15-16(13(18)20-10(3)4)11-5-7-14-8-6-11/h9-11,14H,5-8H2,1-4H3,(H,15,17). The van der Waals surface area contributed by atoms with E-state index in [0.717, 1.165) is 25.9 Å². The number of carbonyl (C=O) groups excluding carboxylic acids is 2. The van der Waals surface area contributed by atoms with E-state index in [-0.39, 0.29) is 18.2 Å². The molecule has 0 spiro atoms. The molecule has 2 N–H and O–H groups in total. The summed E-state index contributed by atoms with van der Waals surface area (Å²) in [6.07, 6.45) is -0.155. The van der Waals surface area contributed by atoms with Gasteiger partial charge in [0.2, 0.25) is 0 Å². The van der Waals surface area contributed by atoms with Crippen LogP contribution < -0.4 is 10.7 Å². The minimum Gasteiger partial charge on any atom is -0.446 e. The lowest BCUT2D eigenvalue weighted by atomic mass is 10.1. The lowest BCUT2D eigenvalue weighted by Crippen LogP contribution is -2.55. The van der Waals surface area contributed by atoms with E-state index in [0.29, 0.717) is 0 Å². The largest absolute Gasteiger partial charge is 0.446 e. The molecular weight excluding hydrogens is 262 g/mol. The van der Waals surface area contributed by atoms with Gasteiger partial charge < -0.3 is 14.8 Å². The number of hydrazine groups is 1. The van der Waals surface area contributed by atoms with Crippen molar-refractivity contribution in [3.05, 3.63) is 0 Å². The predicted octanol–water partition coefficient (Wildman–Crippen LogP) is 1.63. The Morgan fingerprint density at radius 3 is 2.15 bits per heavy atom. The SMILES string of the molecule is CC(C)OC(=O)NN(C(=O)OC(C)C)C1CCNCC1. The van der Waals surface area contributed by atoms with E-state index in [1.807, 2.05) is 0 Å². The Labute approximate surface area is 119 Å². The Bertz CT molecular complexity index is 328. The maximum atomic E-state index is 12.1. The molecule has 7 nitrogen and oxygen atoms in total. The van der Waals surface area contributed by atoms with Gasteiger partial charge in [-0.05, 0) is 53.6 Å². The summed E-state index contributed by atoms with van der Waals surface area (Å²) in [7, 11) is 0. The van der Waals surface area contributed by atoms with Gasteiger partial charge in [0.1, 0.15) is 0 Å². The van der Waals surface area contributed by atoms with Gasteiger partial charge in [0.05, 0.1) is 18.2 Å². The first kappa shape index (κ1) is 16.6. The van der Waals surface area contributed by atoms with Crippen LogP contribution in [0.5, 0.6) is 0 Å². The summed E-state index contributed by atoms with van der Waals surface area (Å²) in [4.78, 5) is 23.8. The van der Waals surface area contributed by atoms with Crippen molar-refractivity contribution in [1.29, 1.82) is 0 Å². The highest BCUT2D eigenvalue weighted by Gasteiger charge is 2.29. The minimum atomic E-state index is -0.640. The summed E-state index contributed by atoms with van der Waals surface area (Å²) in [5.74, 6) is 0. The highest BCUT2D eigenvalue weighted by Crippen LogP contribution is 2.12. The van der Waals surface area contributed by atoms with Crippen molar-refractivity contribution in [1.82, 2.24) is 15.8 Å². The van der Waals surface area contributed by atoms with Crippen molar-refractivity contribution in [2.24, 2.45) is 0 Å². The van der Waals surface area contributed by atoms with E-state index < -0.39 is 12.2 Å². The molecule has 0 bridgehead atoms. The normalized spacial score (nSPS) is 16.1. The van der Waals surface area contributed by atoms with Crippen molar-refractivity contribution in [2.45, 2.75) is 58.8 Å². The molecule has 1 fully saturated rings. The smallest absolute Gasteiger partial charge is 0.429 e. The molecule has 0 unspecified atom stereocenters. The lowest BCUT2D eigenvalue weighted by molar-refractivity contribution is 0.0258. The molecule has 1 aliphatic rings. The number of nitrogens with one attached hydrogen (secondary N) is 2. The van der Waals surface area contributed by atoms with Gasteiger partial charge in [0.25, 0.3) is 0 Å². The van der Waals surface area contributed by atoms with E-state index in [1.165, 1.54) is 5.01 Å². The van der Waals surface area contributed by atoms with Gasteiger partial charge in [-0.15, -0.1) is 0 Å². The second-order valence-electron chi connectivity index (χ2n) is 5.35. The second-order valence-corrected chi connectivity index (χ2v) is 5.35. The van der Waals surface area contributed by atoms with Crippen LogP contribution in [0, 0.1) is 0 Å². The molecule has 20 heavy (non-hydrogen) atoms. The van der Waals surface area contributed by atoms with Gasteiger partial charge >= 0.3 is 12.2 Å². The molecule has 1 heterocycles. The highest BCUT2D eigenvalue weighted by atomic mass is 16.6. The topological polar surface area (TPSA) is 79.9 Å². The number of piperidine rings is 1. The average Bonchev–Trinajstić information content (AvgIpc) is 2.35. The second kappa shape index (κ2) is 7.94. The number of amides is 2. The zero-order valence-corrected chi connectivity index (χ0v) is 12.6. The number of nitrogens with zero attached hydrogens (tertiary/aromatic N) is 1. The van der Waals surface area contributed by atoms with E-state index in [2.05, 4.69) is 10.7 Å². The summed E-state index contributed by atoms with van der Waals surface area (Å²) < 4.78 is 10.2. The summed E-state index contributed by atoms with van der Waals surface area (Å²) in [6.45, 7) is 8.64. The molecule has 1 aliphatic heterocycles. The van der Waals surface area contributed by atoms with Crippen LogP contribution in [-0.4, -0.2) is 48.5 Å². The fourth-order valence-corrected chi connectivity index (χ4v) is 1.95. The first-order valence-corrected chi connectivity index (χ1v) is 7.08. The molecule has 0 aromatic heterocycles. The molecule has 0 atom stereocenters. The minimum absolute atomic E-state index is 0.0813. The fraction of sp³-hybridized carbons (Fsp3) is 0.846. The van der Waals surface area contributed by atoms with Crippen LogP contribution in [-0.2, 0) is 9.47 Å². The van der Waals surface area contributed by atoms with Crippen molar-refractivity contribution in [3.63, 3.8) is 0 Å². The zero-order chi connectivity index (χ0) is 15.1. The molecule has 0 radical (unpaired) electrons. The maximum absolute atomic E-state index is 12.1. The third kappa shape index (κ3) is 5.64. The molecule has 0 saturated carbocycles. The van der Waals surface area contributed by atoms with Crippen LogP contribution in [0.25, 0.3) is 0 Å². The van der Waals surface area contributed by atoms with Crippen LogP contribution >= 0.6 is 0 Å². The monoisotopic (exact) mass is 287 g/mol. The number of rotatable bonds is 3. The summed E-state index contributed by atoms with van der Waals surface area (Å²) in [6, 6.07) is -0.0813. The Kier molecular flexibility index (Phi) is 6.57. The van der Waals surface area contributed by atoms with Crippen LogP contribution in [0.4, 0.5) is 9.59 Å². The maximum Gasteiger partial charge on any atom is 0.429 e. The number of hydrogen-bond donors (Lipinski definition) is 2. The Morgan fingerprint density at radius 2 is 1.65 bits per heavy atom. The first-order chi connectivity index (χ1) is 9.40. The van der Waals surface area contributed by atoms with Crippen LogP contribution in [0.3, 0.4) is 0 Å². The lowest BCUT2D eigenvalue weighted by Gasteiger charge is -2.33. The van der Waals surface area contributed by atoms with Crippen LogP contribution in [0.15, 0.2) is 0 Å². The molecule has 2 amide bonds. The van der Waals surface area contributed by atoms with Gasteiger partial charge in [-0.1, -0.05) is 0 Å². The number of carbonyl (C=O) groups is 2. The Hall–Kier alpha value is -1.50. The molecule has 1 saturated heterocycles. The van der Waals surface area contributed by atoms with Crippen LogP contribution in [0.1, 0.15) is 40.5 Å². The highest BCUT2D eigenvalue weighted by molar-refractivity contribution is 5.74. The average molecular weight is 287 g/mol. The summed E-state index contributed by atoms with van der Waals surface area (Å²) >= 11 is 0. The first-order valence-electron chi connectivity index (χ1n) is 7.08. The van der Waals surface area contributed by atoms with Crippen molar-refractivity contribution < 1.29 is 19.1 Å². The third-order valence-electron chi connectivity index (χ3n) is 2.76. The fourth-order valence-electron chi connectivity index (χ4n) is 1.95. The van der Waals surface area contributed by atoms with Crippen molar-refractivity contribution >= 4 is 12.2 Å². The summed E-state index contributed by atoms with van der Waals surface area (Å²) in [5.41, 5.74) is 2.49. The van der Waals surface area contributed by atoms with Crippen LogP contribution in [0.2, 0.25) is 0 Å². The van der Waals surface area contributed by atoms with Gasteiger partial charge in [0, 0.05) is 0 Å². The Balaban J connectivity index is 2.67. The van der Waals surface area contributed by atoms with E-state index in [1.54, 1.807) is 27.7 Å². The number of hydrogen-bond acceptors (Lipinski definition) is 5. The number of ether oxygens (including phenoxy) is 2. The molecule has 0 aromatic carbocycles. The third-order valence-corrected chi connectivity index (χ3v) is 2.76. The molecular formula is C13H25N3O4. The summed E-state index contributed by atoms with van der Waals surface area (Å²) in [5, 5.41) is 4.47. The molecule has 0 aliphatic carbocycles. The molecule has 116 valence electrons. The van der Waals surface area contributed by atoms with E-state index in [9.17, 15) is 9.59 Å². The molecule has 0 aromatic rings. The van der Waals surface area contributed by atoms with Gasteiger partial charge in [-0.3, -0.25) is 0 Å². The van der Waals surface area contributed by atoms with Gasteiger partial charge in [-0.2, -0.15) is 0 Å². The zero-order valence-electron chi connectivity index (χ0n) is 12.6. The molecule has 1 rings (SSSR count). The van der Waals surface area contributed by atoms with Gasteiger partial charge in [-0.25, -0.2) is 20.0 Å². The van der Waals surface area contributed by atoms with E-state index >= 15 is 0 Å². The molecule has 7 heteroatoms.